The number of ether oxygens (including phenoxy) is 1. The minimum atomic E-state index is -4.79. The molecule has 1 saturated heterocycles. The zero-order chi connectivity index (χ0) is 14.8. The van der Waals surface area contributed by atoms with Crippen LogP contribution >= 0.6 is 0 Å². The number of likely N-dealkylation sites (tertiary alicyclic amines) is 1. The third-order valence-electron chi connectivity index (χ3n) is 3.15. The zero-order valence-corrected chi connectivity index (χ0v) is 10.6. The number of carbonyl (C=O) groups is 1. The molecule has 0 saturated carbocycles. The molecule has 20 heavy (non-hydrogen) atoms. The number of carboxylic acid groups (broad SMARTS) is 1. The van der Waals surface area contributed by atoms with Crippen LogP contribution in [0.1, 0.15) is 24.4 Å². The van der Waals surface area contributed by atoms with Crippen LogP contribution in [0.4, 0.5) is 13.2 Å². The van der Waals surface area contributed by atoms with Crippen molar-refractivity contribution in [2.45, 2.75) is 25.2 Å². The van der Waals surface area contributed by atoms with Gasteiger partial charge in [-0.05, 0) is 43.6 Å². The highest BCUT2D eigenvalue weighted by Crippen LogP contribution is 2.30. The van der Waals surface area contributed by atoms with E-state index >= 15 is 0 Å². The second-order valence-corrected chi connectivity index (χ2v) is 4.60. The molecule has 0 amide bonds. The van der Waals surface area contributed by atoms with Crippen molar-refractivity contribution in [2.75, 3.05) is 13.1 Å². The van der Waals surface area contributed by atoms with E-state index in [9.17, 15) is 23.1 Å². The summed E-state index contributed by atoms with van der Waals surface area (Å²) in [7, 11) is 0. The molecular formula is C13H14F3NO3. The Kier molecular flexibility index (Phi) is 4.17. The Hall–Kier alpha value is -1.76. The van der Waals surface area contributed by atoms with Crippen molar-refractivity contribution in [2.24, 2.45) is 0 Å². The minimum absolute atomic E-state index is 0.293. The summed E-state index contributed by atoms with van der Waals surface area (Å²) >= 11 is 0. The van der Waals surface area contributed by atoms with Crippen LogP contribution in [0.5, 0.6) is 5.75 Å². The second kappa shape index (κ2) is 5.70. The predicted octanol–water partition coefficient (Wildman–Crippen LogP) is 2.81. The maximum absolute atomic E-state index is 12.2. The first-order valence-electron chi connectivity index (χ1n) is 6.19. The third-order valence-corrected chi connectivity index (χ3v) is 3.15. The molecule has 110 valence electrons. The quantitative estimate of drug-likeness (QED) is 0.926. The summed E-state index contributed by atoms with van der Waals surface area (Å²) in [5.74, 6) is -1.48. The number of benzene rings is 1. The Bertz CT molecular complexity index is 484. The Morgan fingerprint density at radius 3 is 2.50 bits per heavy atom. The van der Waals surface area contributed by atoms with E-state index < -0.39 is 24.1 Å². The van der Waals surface area contributed by atoms with Gasteiger partial charge in [0.2, 0.25) is 0 Å². The second-order valence-electron chi connectivity index (χ2n) is 4.60. The molecular weight excluding hydrogens is 275 g/mol. The third kappa shape index (κ3) is 3.63. The van der Waals surface area contributed by atoms with Gasteiger partial charge >= 0.3 is 12.3 Å². The van der Waals surface area contributed by atoms with E-state index in [1.165, 1.54) is 12.1 Å². The van der Waals surface area contributed by atoms with Crippen molar-refractivity contribution in [3.05, 3.63) is 29.8 Å². The Balaban J connectivity index is 2.24. The van der Waals surface area contributed by atoms with Gasteiger partial charge < -0.3 is 9.84 Å². The topological polar surface area (TPSA) is 49.8 Å². The summed E-state index contributed by atoms with van der Waals surface area (Å²) in [4.78, 5) is 13.1. The predicted molar refractivity (Wildman–Crippen MR) is 64.3 cm³/mol. The summed E-state index contributed by atoms with van der Waals surface area (Å²) in [6.45, 7) is 1.25. The lowest BCUT2D eigenvalue weighted by atomic mass is 10.1. The fraction of sp³-hybridized carbons (Fsp3) is 0.462. The average molecular weight is 289 g/mol. The van der Waals surface area contributed by atoms with Gasteiger partial charge in [-0.15, -0.1) is 13.2 Å². The SMILES string of the molecule is O=C(O)C(c1cccc(OC(F)(F)F)c1)N1CCCC1. The van der Waals surface area contributed by atoms with Gasteiger partial charge in [-0.2, -0.15) is 0 Å². The molecule has 1 aliphatic heterocycles. The molecule has 0 radical (unpaired) electrons. The van der Waals surface area contributed by atoms with E-state index in [2.05, 4.69) is 4.74 Å². The lowest BCUT2D eigenvalue weighted by Crippen LogP contribution is -2.31. The molecule has 0 aromatic heterocycles. The minimum Gasteiger partial charge on any atom is -0.480 e. The molecule has 7 heteroatoms. The fourth-order valence-corrected chi connectivity index (χ4v) is 2.39. The molecule has 0 bridgehead atoms. The number of alkyl halides is 3. The molecule has 1 unspecified atom stereocenters. The largest absolute Gasteiger partial charge is 0.573 e. The molecule has 0 aliphatic carbocycles. The van der Waals surface area contributed by atoms with Gasteiger partial charge in [-0.3, -0.25) is 9.69 Å². The first-order chi connectivity index (χ1) is 9.37. The number of carboxylic acids is 1. The van der Waals surface area contributed by atoms with Crippen LogP contribution in [0, 0.1) is 0 Å². The van der Waals surface area contributed by atoms with Crippen LogP contribution in [-0.4, -0.2) is 35.4 Å². The molecule has 2 rings (SSSR count). The van der Waals surface area contributed by atoms with Gasteiger partial charge in [0.15, 0.2) is 0 Å². The van der Waals surface area contributed by atoms with Gasteiger partial charge in [0.05, 0.1) is 0 Å². The smallest absolute Gasteiger partial charge is 0.480 e. The lowest BCUT2D eigenvalue weighted by molar-refractivity contribution is -0.274. The normalized spacial score (nSPS) is 17.9. The van der Waals surface area contributed by atoms with Crippen molar-refractivity contribution < 1.29 is 27.8 Å². The van der Waals surface area contributed by atoms with Gasteiger partial charge in [0.1, 0.15) is 11.8 Å². The lowest BCUT2D eigenvalue weighted by Gasteiger charge is -2.24. The molecule has 0 spiro atoms. The number of aliphatic carboxylic acids is 1. The highest BCUT2D eigenvalue weighted by atomic mass is 19.4. The van der Waals surface area contributed by atoms with E-state index in [1.807, 2.05) is 0 Å². The highest BCUT2D eigenvalue weighted by molar-refractivity contribution is 5.75. The van der Waals surface area contributed by atoms with Crippen molar-refractivity contribution in [1.29, 1.82) is 0 Å². The highest BCUT2D eigenvalue weighted by Gasteiger charge is 2.33. The van der Waals surface area contributed by atoms with E-state index in [1.54, 1.807) is 4.90 Å². The molecule has 1 atom stereocenters. The monoisotopic (exact) mass is 289 g/mol. The van der Waals surface area contributed by atoms with Gasteiger partial charge in [0, 0.05) is 0 Å². The van der Waals surface area contributed by atoms with E-state index in [0.29, 0.717) is 18.7 Å². The number of rotatable bonds is 4. The molecule has 1 N–H and O–H groups in total. The van der Waals surface area contributed by atoms with Crippen LogP contribution in [-0.2, 0) is 4.79 Å². The van der Waals surface area contributed by atoms with Crippen LogP contribution < -0.4 is 4.74 Å². The number of nitrogens with zero attached hydrogens (tertiary/aromatic N) is 1. The first-order valence-corrected chi connectivity index (χ1v) is 6.19. The Morgan fingerprint density at radius 1 is 1.30 bits per heavy atom. The van der Waals surface area contributed by atoms with Crippen LogP contribution in [0.25, 0.3) is 0 Å². The van der Waals surface area contributed by atoms with E-state index in [-0.39, 0.29) is 0 Å². The molecule has 1 aromatic carbocycles. The Labute approximate surface area is 113 Å². The van der Waals surface area contributed by atoms with Crippen LogP contribution in [0.3, 0.4) is 0 Å². The summed E-state index contributed by atoms with van der Waals surface area (Å²) < 4.78 is 40.4. The van der Waals surface area contributed by atoms with Crippen molar-refractivity contribution >= 4 is 5.97 Å². The molecule has 1 aromatic rings. The molecule has 4 nitrogen and oxygen atoms in total. The molecule has 1 heterocycles. The maximum atomic E-state index is 12.2. The van der Waals surface area contributed by atoms with Crippen molar-refractivity contribution in [3.8, 4) is 5.75 Å². The summed E-state index contributed by atoms with van der Waals surface area (Å²) in [6, 6.07) is 4.21. The standard InChI is InChI=1S/C13H14F3NO3/c14-13(15,16)20-10-5-3-4-9(8-10)11(12(18)19)17-6-1-2-7-17/h3-5,8,11H,1-2,6-7H2,(H,18,19). The Morgan fingerprint density at radius 2 is 1.95 bits per heavy atom. The molecule has 1 aliphatic rings. The fourth-order valence-electron chi connectivity index (χ4n) is 2.39. The molecule has 1 fully saturated rings. The van der Waals surface area contributed by atoms with Crippen LogP contribution in [0.2, 0.25) is 0 Å². The van der Waals surface area contributed by atoms with Crippen molar-refractivity contribution in [3.63, 3.8) is 0 Å². The number of hydrogen-bond donors (Lipinski definition) is 1. The summed E-state index contributed by atoms with van der Waals surface area (Å²) in [5, 5.41) is 9.31. The number of hydrogen-bond acceptors (Lipinski definition) is 3. The number of halogens is 3. The first kappa shape index (κ1) is 14.6. The van der Waals surface area contributed by atoms with Gasteiger partial charge in [-0.1, -0.05) is 12.1 Å². The maximum Gasteiger partial charge on any atom is 0.573 e. The van der Waals surface area contributed by atoms with Crippen molar-refractivity contribution in [1.82, 2.24) is 4.90 Å². The average Bonchev–Trinajstić information content (AvgIpc) is 2.80. The summed E-state index contributed by atoms with van der Waals surface area (Å²) in [5.41, 5.74) is 0.293. The summed E-state index contributed by atoms with van der Waals surface area (Å²) in [6.07, 6.45) is -3.00. The van der Waals surface area contributed by atoms with Gasteiger partial charge in [0.25, 0.3) is 0 Å². The zero-order valence-electron chi connectivity index (χ0n) is 10.6. The van der Waals surface area contributed by atoms with E-state index in [0.717, 1.165) is 25.0 Å². The van der Waals surface area contributed by atoms with Gasteiger partial charge in [-0.25, -0.2) is 0 Å². The van der Waals surface area contributed by atoms with Crippen LogP contribution in [0.15, 0.2) is 24.3 Å². The van der Waals surface area contributed by atoms with E-state index in [4.69, 9.17) is 0 Å².